The molecule has 2 aromatic heterocycles. The highest BCUT2D eigenvalue weighted by Crippen LogP contribution is 2.40. The summed E-state index contributed by atoms with van der Waals surface area (Å²) in [4.78, 5) is 24.4. The molecule has 0 aliphatic carbocycles. The fraction of sp³-hybridized carbons (Fsp3) is 0.107. The Hall–Kier alpha value is -4.43. The first kappa shape index (κ1) is 23.3. The van der Waals surface area contributed by atoms with E-state index >= 15 is 0 Å². The Bertz CT molecular complexity index is 1430. The molecule has 0 N–H and O–H groups in total. The van der Waals surface area contributed by atoms with Gasteiger partial charge in [0, 0.05) is 18.0 Å². The van der Waals surface area contributed by atoms with E-state index < -0.39 is 0 Å². The van der Waals surface area contributed by atoms with Crippen LogP contribution in [0.1, 0.15) is 15.9 Å². The van der Waals surface area contributed by atoms with Gasteiger partial charge in [-0.25, -0.2) is 4.98 Å². The molecule has 7 nitrogen and oxygen atoms in total. The van der Waals surface area contributed by atoms with Gasteiger partial charge in [0.25, 0.3) is 5.91 Å². The summed E-state index contributed by atoms with van der Waals surface area (Å²) in [5.41, 5.74) is 2.04. The van der Waals surface area contributed by atoms with E-state index in [4.69, 9.17) is 19.2 Å². The quantitative estimate of drug-likeness (QED) is 0.249. The van der Waals surface area contributed by atoms with Gasteiger partial charge in [-0.1, -0.05) is 35.6 Å². The maximum atomic E-state index is 13.8. The second-order valence-electron chi connectivity index (χ2n) is 7.84. The van der Waals surface area contributed by atoms with Gasteiger partial charge in [0.2, 0.25) is 0 Å². The molecule has 5 rings (SSSR count). The minimum atomic E-state index is -0.192. The molecule has 0 saturated heterocycles. The van der Waals surface area contributed by atoms with Gasteiger partial charge in [-0.3, -0.25) is 14.7 Å². The second-order valence-corrected chi connectivity index (χ2v) is 8.81. The number of thiazole rings is 1. The Morgan fingerprint density at radius 1 is 0.861 bits per heavy atom. The zero-order valence-electron chi connectivity index (χ0n) is 19.8. The van der Waals surface area contributed by atoms with Gasteiger partial charge in [-0.15, -0.1) is 0 Å². The third kappa shape index (κ3) is 4.85. The summed E-state index contributed by atoms with van der Waals surface area (Å²) in [6.45, 7) is 0.305. The highest BCUT2D eigenvalue weighted by Gasteiger charge is 2.24. The molecule has 0 saturated carbocycles. The predicted octanol–water partition coefficient (Wildman–Crippen LogP) is 6.35. The van der Waals surface area contributed by atoms with Crippen molar-refractivity contribution in [2.45, 2.75) is 6.54 Å². The van der Waals surface area contributed by atoms with Gasteiger partial charge in [-0.2, -0.15) is 0 Å². The highest BCUT2D eigenvalue weighted by molar-refractivity contribution is 7.22. The monoisotopic (exact) mass is 497 g/mol. The van der Waals surface area contributed by atoms with Crippen LogP contribution < -0.4 is 19.1 Å². The lowest BCUT2D eigenvalue weighted by atomic mass is 10.1. The molecule has 0 fully saturated rings. The Kier molecular flexibility index (Phi) is 6.77. The number of aromatic nitrogens is 2. The second kappa shape index (κ2) is 10.5. The van der Waals surface area contributed by atoms with Crippen molar-refractivity contribution in [3.8, 4) is 23.0 Å². The minimum Gasteiger partial charge on any atom is -0.495 e. The van der Waals surface area contributed by atoms with Crippen molar-refractivity contribution >= 4 is 32.6 Å². The van der Waals surface area contributed by atoms with Crippen LogP contribution in [0.4, 0.5) is 5.13 Å². The molecule has 0 spiro atoms. The van der Waals surface area contributed by atoms with E-state index in [1.807, 2.05) is 54.6 Å². The number of rotatable bonds is 8. The molecular weight excluding hydrogens is 474 g/mol. The van der Waals surface area contributed by atoms with Gasteiger partial charge in [0.1, 0.15) is 33.2 Å². The van der Waals surface area contributed by atoms with Crippen molar-refractivity contribution in [2.75, 3.05) is 19.1 Å². The number of anilines is 1. The van der Waals surface area contributed by atoms with Crippen LogP contribution in [0, 0.1) is 0 Å². The number of carbonyl (C=O) groups excluding carboxylic acids is 1. The standard InChI is InChI=1S/C28H23N3O4S/c1-33-23-14-15-24(34-2)26-25(23)30-28(36-26)31(18-19-7-6-16-29-17-19)27(32)20-10-12-22(13-11-20)35-21-8-4-3-5-9-21/h3-17H,18H2,1-2H3. The van der Waals surface area contributed by atoms with Crippen molar-refractivity contribution in [1.82, 2.24) is 9.97 Å². The smallest absolute Gasteiger partial charge is 0.260 e. The van der Waals surface area contributed by atoms with Gasteiger partial charge >= 0.3 is 0 Å². The zero-order chi connectivity index (χ0) is 24.9. The van der Waals surface area contributed by atoms with Crippen LogP contribution >= 0.6 is 11.3 Å². The minimum absolute atomic E-state index is 0.192. The number of nitrogens with zero attached hydrogens (tertiary/aromatic N) is 3. The molecule has 1 amide bonds. The van der Waals surface area contributed by atoms with Crippen molar-refractivity contribution in [3.05, 3.63) is 102 Å². The van der Waals surface area contributed by atoms with Crippen LogP contribution in [0.15, 0.2) is 91.3 Å². The van der Waals surface area contributed by atoms with E-state index in [0.29, 0.717) is 40.0 Å². The van der Waals surface area contributed by atoms with Crippen LogP contribution in [-0.2, 0) is 6.54 Å². The topological polar surface area (TPSA) is 73.8 Å². The first-order chi connectivity index (χ1) is 17.7. The third-order valence-electron chi connectivity index (χ3n) is 5.52. The fourth-order valence-electron chi connectivity index (χ4n) is 3.74. The molecule has 2 heterocycles. The van der Waals surface area contributed by atoms with Crippen LogP contribution in [0.5, 0.6) is 23.0 Å². The number of pyridine rings is 1. The molecule has 5 aromatic rings. The molecule has 0 aliphatic rings. The molecular formula is C28H23N3O4S. The van der Waals surface area contributed by atoms with E-state index in [1.165, 1.54) is 11.3 Å². The molecule has 180 valence electrons. The van der Waals surface area contributed by atoms with Crippen LogP contribution in [-0.4, -0.2) is 30.1 Å². The lowest BCUT2D eigenvalue weighted by Crippen LogP contribution is -2.30. The van der Waals surface area contributed by atoms with Gasteiger partial charge < -0.3 is 14.2 Å². The van der Waals surface area contributed by atoms with Crippen LogP contribution in [0.25, 0.3) is 10.2 Å². The molecule has 0 radical (unpaired) electrons. The van der Waals surface area contributed by atoms with Crippen molar-refractivity contribution in [1.29, 1.82) is 0 Å². The van der Waals surface area contributed by atoms with E-state index in [2.05, 4.69) is 4.98 Å². The number of carbonyl (C=O) groups is 1. The van der Waals surface area contributed by atoms with Crippen LogP contribution in [0.2, 0.25) is 0 Å². The van der Waals surface area contributed by atoms with Gasteiger partial charge in [0.15, 0.2) is 5.13 Å². The summed E-state index contributed by atoms with van der Waals surface area (Å²) < 4.78 is 17.7. The lowest BCUT2D eigenvalue weighted by molar-refractivity contribution is 0.0985. The Morgan fingerprint density at radius 2 is 1.58 bits per heavy atom. The average molecular weight is 498 g/mol. The first-order valence-electron chi connectivity index (χ1n) is 11.2. The molecule has 3 aromatic carbocycles. The van der Waals surface area contributed by atoms with Crippen molar-refractivity contribution in [3.63, 3.8) is 0 Å². The normalized spacial score (nSPS) is 10.7. The van der Waals surface area contributed by atoms with Gasteiger partial charge in [-0.05, 0) is 60.2 Å². The largest absolute Gasteiger partial charge is 0.495 e. The summed E-state index contributed by atoms with van der Waals surface area (Å²) in [5.74, 6) is 2.47. The van der Waals surface area contributed by atoms with E-state index in [1.54, 1.807) is 55.8 Å². The first-order valence-corrected chi connectivity index (χ1v) is 12.0. The lowest BCUT2D eigenvalue weighted by Gasteiger charge is -2.20. The Balaban J connectivity index is 1.50. The molecule has 0 unspecified atom stereocenters. The Labute approximate surface area is 212 Å². The predicted molar refractivity (Wildman–Crippen MR) is 140 cm³/mol. The highest BCUT2D eigenvalue weighted by atomic mass is 32.1. The fourth-order valence-corrected chi connectivity index (χ4v) is 4.81. The zero-order valence-corrected chi connectivity index (χ0v) is 20.6. The molecule has 0 atom stereocenters. The maximum absolute atomic E-state index is 13.8. The van der Waals surface area contributed by atoms with Crippen molar-refractivity contribution < 1.29 is 19.0 Å². The maximum Gasteiger partial charge on any atom is 0.260 e. The van der Waals surface area contributed by atoms with Crippen LogP contribution in [0.3, 0.4) is 0 Å². The number of fused-ring (bicyclic) bond motifs is 1. The summed E-state index contributed by atoms with van der Waals surface area (Å²) in [6, 6.07) is 24.0. The van der Waals surface area contributed by atoms with Gasteiger partial charge in [0.05, 0.1) is 20.8 Å². The summed E-state index contributed by atoms with van der Waals surface area (Å²) in [5, 5.41) is 0.534. The number of hydrogen-bond acceptors (Lipinski definition) is 7. The number of ether oxygens (including phenoxy) is 3. The van der Waals surface area contributed by atoms with E-state index in [9.17, 15) is 4.79 Å². The summed E-state index contributed by atoms with van der Waals surface area (Å²) >= 11 is 1.38. The number of amides is 1. The molecule has 0 aliphatic heterocycles. The number of para-hydroxylation sites is 1. The molecule has 36 heavy (non-hydrogen) atoms. The Morgan fingerprint density at radius 3 is 2.28 bits per heavy atom. The SMILES string of the molecule is COc1ccc(OC)c2sc(N(Cc3cccnc3)C(=O)c3ccc(Oc4ccccc4)cc3)nc12. The summed E-state index contributed by atoms with van der Waals surface area (Å²) in [7, 11) is 3.20. The number of hydrogen-bond donors (Lipinski definition) is 0. The number of methoxy groups -OCH3 is 2. The average Bonchev–Trinajstić information content (AvgIpc) is 3.38. The molecule has 8 heteroatoms. The number of benzene rings is 3. The third-order valence-corrected chi connectivity index (χ3v) is 6.61. The molecule has 0 bridgehead atoms. The summed E-state index contributed by atoms with van der Waals surface area (Å²) in [6.07, 6.45) is 3.44. The van der Waals surface area contributed by atoms with E-state index in [0.717, 1.165) is 16.0 Å². The van der Waals surface area contributed by atoms with Crippen molar-refractivity contribution in [2.24, 2.45) is 0 Å². The van der Waals surface area contributed by atoms with E-state index in [-0.39, 0.29) is 5.91 Å².